The van der Waals surface area contributed by atoms with Crippen molar-refractivity contribution < 1.29 is 9.53 Å². The molecule has 4 heteroatoms. The standard InChI is InChI=1S/C14H26N2O2/c1-3-12-5-4-8-16(9-6-12)14(17)13-11(2)18-10-7-15-13/h11-13,15H,3-10H2,1-2H3/t11-,12?,13+/m1/s1. The molecule has 0 spiro atoms. The Morgan fingerprint density at radius 1 is 1.39 bits per heavy atom. The van der Waals surface area contributed by atoms with Gasteiger partial charge in [-0.3, -0.25) is 4.79 Å². The molecule has 2 heterocycles. The Bertz CT molecular complexity index is 283. The summed E-state index contributed by atoms with van der Waals surface area (Å²) in [6.45, 7) is 7.57. The van der Waals surface area contributed by atoms with E-state index in [-0.39, 0.29) is 18.1 Å². The molecule has 2 aliphatic heterocycles. The van der Waals surface area contributed by atoms with Crippen LogP contribution in [0, 0.1) is 5.92 Å². The lowest BCUT2D eigenvalue weighted by atomic mass is 9.98. The molecule has 0 aromatic carbocycles. The highest BCUT2D eigenvalue weighted by Gasteiger charge is 2.32. The number of ether oxygens (including phenoxy) is 1. The maximum absolute atomic E-state index is 12.5. The third-order valence-corrected chi connectivity index (χ3v) is 4.32. The third-order valence-electron chi connectivity index (χ3n) is 4.32. The predicted molar refractivity (Wildman–Crippen MR) is 71.4 cm³/mol. The first-order valence-electron chi connectivity index (χ1n) is 7.36. The molecule has 18 heavy (non-hydrogen) atoms. The van der Waals surface area contributed by atoms with E-state index >= 15 is 0 Å². The Labute approximate surface area is 110 Å². The molecule has 0 aromatic heterocycles. The maximum Gasteiger partial charge on any atom is 0.242 e. The SMILES string of the molecule is CCC1CCCN(C(=O)[C@H]2NCCO[C@@H]2C)CC1. The Morgan fingerprint density at radius 2 is 2.22 bits per heavy atom. The second-order valence-electron chi connectivity index (χ2n) is 5.54. The van der Waals surface area contributed by atoms with E-state index in [9.17, 15) is 4.79 Å². The molecule has 1 N–H and O–H groups in total. The second-order valence-corrected chi connectivity index (χ2v) is 5.54. The van der Waals surface area contributed by atoms with Crippen molar-refractivity contribution >= 4 is 5.91 Å². The van der Waals surface area contributed by atoms with Gasteiger partial charge in [0, 0.05) is 19.6 Å². The van der Waals surface area contributed by atoms with Gasteiger partial charge >= 0.3 is 0 Å². The Kier molecular flexibility index (Phi) is 5.01. The summed E-state index contributed by atoms with van der Waals surface area (Å²) in [4.78, 5) is 14.5. The summed E-state index contributed by atoms with van der Waals surface area (Å²) < 4.78 is 5.57. The number of morpholine rings is 1. The molecule has 2 aliphatic rings. The minimum Gasteiger partial charge on any atom is -0.375 e. The number of carbonyl (C=O) groups is 1. The maximum atomic E-state index is 12.5. The van der Waals surface area contributed by atoms with Crippen molar-refractivity contribution in [1.82, 2.24) is 10.2 Å². The highest BCUT2D eigenvalue weighted by Crippen LogP contribution is 2.21. The Balaban J connectivity index is 1.91. The van der Waals surface area contributed by atoms with Crippen molar-refractivity contribution in [2.45, 2.75) is 51.7 Å². The number of nitrogens with zero attached hydrogens (tertiary/aromatic N) is 1. The third kappa shape index (κ3) is 3.23. The first-order valence-corrected chi connectivity index (χ1v) is 7.36. The van der Waals surface area contributed by atoms with Gasteiger partial charge in [-0.1, -0.05) is 13.3 Å². The molecule has 0 aliphatic carbocycles. The molecule has 2 fully saturated rings. The molecule has 0 saturated carbocycles. The molecular formula is C14H26N2O2. The topological polar surface area (TPSA) is 41.6 Å². The lowest BCUT2D eigenvalue weighted by Crippen LogP contribution is -2.56. The van der Waals surface area contributed by atoms with E-state index in [0.717, 1.165) is 38.4 Å². The summed E-state index contributed by atoms with van der Waals surface area (Å²) >= 11 is 0. The monoisotopic (exact) mass is 254 g/mol. The number of carbonyl (C=O) groups excluding carboxylic acids is 1. The van der Waals surface area contributed by atoms with Gasteiger partial charge in [0.05, 0.1) is 12.7 Å². The highest BCUT2D eigenvalue weighted by molar-refractivity contribution is 5.82. The predicted octanol–water partition coefficient (Wildman–Crippen LogP) is 1.40. The van der Waals surface area contributed by atoms with Gasteiger partial charge < -0.3 is 15.0 Å². The largest absolute Gasteiger partial charge is 0.375 e. The summed E-state index contributed by atoms with van der Waals surface area (Å²) in [6.07, 6.45) is 4.81. The van der Waals surface area contributed by atoms with E-state index in [1.807, 2.05) is 11.8 Å². The Hall–Kier alpha value is -0.610. The van der Waals surface area contributed by atoms with E-state index < -0.39 is 0 Å². The second kappa shape index (κ2) is 6.53. The van der Waals surface area contributed by atoms with E-state index in [1.165, 1.54) is 12.8 Å². The van der Waals surface area contributed by atoms with Gasteiger partial charge in [0.2, 0.25) is 5.91 Å². The Morgan fingerprint density at radius 3 is 2.94 bits per heavy atom. The summed E-state index contributed by atoms with van der Waals surface area (Å²) in [5.74, 6) is 1.04. The van der Waals surface area contributed by atoms with Gasteiger partial charge in [-0.25, -0.2) is 0 Å². The zero-order valence-corrected chi connectivity index (χ0v) is 11.7. The summed E-state index contributed by atoms with van der Waals surface area (Å²) in [7, 11) is 0. The number of hydrogen-bond acceptors (Lipinski definition) is 3. The zero-order valence-electron chi connectivity index (χ0n) is 11.7. The molecule has 4 nitrogen and oxygen atoms in total. The zero-order chi connectivity index (χ0) is 13.0. The van der Waals surface area contributed by atoms with E-state index in [4.69, 9.17) is 4.74 Å². The van der Waals surface area contributed by atoms with Crippen LogP contribution in [0.5, 0.6) is 0 Å². The smallest absolute Gasteiger partial charge is 0.242 e. The minimum atomic E-state index is -0.142. The fourth-order valence-electron chi connectivity index (χ4n) is 3.00. The van der Waals surface area contributed by atoms with Crippen molar-refractivity contribution in [3.8, 4) is 0 Å². The van der Waals surface area contributed by atoms with Crippen LogP contribution in [-0.2, 0) is 9.53 Å². The molecule has 104 valence electrons. The average Bonchev–Trinajstić information content (AvgIpc) is 2.63. The van der Waals surface area contributed by atoms with Crippen LogP contribution in [0.4, 0.5) is 0 Å². The van der Waals surface area contributed by atoms with Crippen molar-refractivity contribution in [3.63, 3.8) is 0 Å². The first kappa shape index (κ1) is 13.8. The van der Waals surface area contributed by atoms with Crippen LogP contribution < -0.4 is 5.32 Å². The lowest BCUT2D eigenvalue weighted by Gasteiger charge is -2.33. The molecule has 0 bridgehead atoms. The van der Waals surface area contributed by atoms with Crippen molar-refractivity contribution in [3.05, 3.63) is 0 Å². The first-order chi connectivity index (χ1) is 8.72. The molecule has 1 amide bonds. The quantitative estimate of drug-likeness (QED) is 0.810. The van der Waals surface area contributed by atoms with Crippen LogP contribution in [0.3, 0.4) is 0 Å². The van der Waals surface area contributed by atoms with Crippen LogP contribution in [0.1, 0.15) is 39.5 Å². The molecule has 0 radical (unpaired) electrons. The van der Waals surface area contributed by atoms with Crippen LogP contribution in [-0.4, -0.2) is 49.2 Å². The van der Waals surface area contributed by atoms with Crippen molar-refractivity contribution in [2.24, 2.45) is 5.92 Å². The number of rotatable bonds is 2. The van der Waals surface area contributed by atoms with E-state index in [2.05, 4.69) is 12.2 Å². The van der Waals surface area contributed by atoms with Crippen molar-refractivity contribution in [1.29, 1.82) is 0 Å². The van der Waals surface area contributed by atoms with Gasteiger partial charge in [-0.15, -0.1) is 0 Å². The molecular weight excluding hydrogens is 228 g/mol. The molecule has 2 saturated heterocycles. The summed E-state index contributed by atoms with van der Waals surface area (Å²) in [6, 6.07) is -0.142. The number of nitrogens with one attached hydrogen (secondary N) is 1. The minimum absolute atomic E-state index is 0.00326. The summed E-state index contributed by atoms with van der Waals surface area (Å²) in [5.41, 5.74) is 0. The van der Waals surface area contributed by atoms with Crippen LogP contribution in [0.15, 0.2) is 0 Å². The van der Waals surface area contributed by atoms with Crippen molar-refractivity contribution in [2.75, 3.05) is 26.2 Å². The normalized spacial score (nSPS) is 34.1. The number of likely N-dealkylation sites (tertiary alicyclic amines) is 1. The van der Waals surface area contributed by atoms with Gasteiger partial charge in [-0.2, -0.15) is 0 Å². The summed E-state index contributed by atoms with van der Waals surface area (Å²) in [5, 5.41) is 3.30. The average molecular weight is 254 g/mol. The molecule has 3 atom stereocenters. The number of hydrogen-bond donors (Lipinski definition) is 1. The van der Waals surface area contributed by atoms with Gasteiger partial charge in [0.1, 0.15) is 6.04 Å². The van der Waals surface area contributed by atoms with E-state index in [0.29, 0.717) is 6.61 Å². The fourth-order valence-corrected chi connectivity index (χ4v) is 3.00. The molecule has 2 rings (SSSR count). The number of amides is 1. The van der Waals surface area contributed by atoms with Gasteiger partial charge in [0.25, 0.3) is 0 Å². The molecule has 0 aromatic rings. The van der Waals surface area contributed by atoms with Crippen LogP contribution in [0.2, 0.25) is 0 Å². The van der Waals surface area contributed by atoms with Gasteiger partial charge in [0.15, 0.2) is 0 Å². The van der Waals surface area contributed by atoms with E-state index in [1.54, 1.807) is 0 Å². The molecule has 1 unspecified atom stereocenters. The van der Waals surface area contributed by atoms with Crippen LogP contribution in [0.25, 0.3) is 0 Å². The van der Waals surface area contributed by atoms with Crippen LogP contribution >= 0.6 is 0 Å². The fraction of sp³-hybridized carbons (Fsp3) is 0.929. The highest BCUT2D eigenvalue weighted by atomic mass is 16.5. The lowest BCUT2D eigenvalue weighted by molar-refractivity contribution is -0.139. The van der Waals surface area contributed by atoms with Gasteiger partial charge in [-0.05, 0) is 32.1 Å².